The van der Waals surface area contributed by atoms with Crippen molar-refractivity contribution in [1.29, 1.82) is 0 Å². The summed E-state index contributed by atoms with van der Waals surface area (Å²) >= 11 is 1.74. The second-order valence-corrected chi connectivity index (χ2v) is 7.69. The van der Waals surface area contributed by atoms with Crippen molar-refractivity contribution < 1.29 is 4.79 Å². The first-order valence-electron chi connectivity index (χ1n) is 8.43. The molecule has 0 aliphatic carbocycles. The highest BCUT2D eigenvalue weighted by molar-refractivity contribution is 7.09. The highest BCUT2D eigenvalue weighted by Gasteiger charge is 2.30. The smallest absolute Gasteiger partial charge is 0.239 e. The quantitative estimate of drug-likeness (QED) is 0.904. The van der Waals surface area contributed by atoms with Crippen molar-refractivity contribution >= 4 is 17.2 Å². The Labute approximate surface area is 138 Å². The number of carbonyl (C=O) groups excluding carboxylic acids is 1. The third kappa shape index (κ3) is 3.87. The van der Waals surface area contributed by atoms with Crippen molar-refractivity contribution in [3.8, 4) is 0 Å². The van der Waals surface area contributed by atoms with Gasteiger partial charge >= 0.3 is 0 Å². The van der Waals surface area contributed by atoms with Crippen LogP contribution in [0.1, 0.15) is 69.5 Å². The molecule has 3 atom stereocenters. The van der Waals surface area contributed by atoms with E-state index in [9.17, 15) is 4.79 Å². The molecule has 0 saturated carbocycles. The lowest BCUT2D eigenvalue weighted by Crippen LogP contribution is -2.50. The average Bonchev–Trinajstić information content (AvgIpc) is 3.03. The van der Waals surface area contributed by atoms with Crippen LogP contribution in [0.25, 0.3) is 0 Å². The van der Waals surface area contributed by atoms with Gasteiger partial charge < -0.3 is 10.6 Å². The molecule has 1 aliphatic heterocycles. The number of hydrogen-bond donors (Lipinski definition) is 1. The lowest BCUT2D eigenvalue weighted by Gasteiger charge is -2.34. The summed E-state index contributed by atoms with van der Waals surface area (Å²) < 4.78 is 0. The van der Waals surface area contributed by atoms with Crippen molar-refractivity contribution in [2.75, 3.05) is 13.1 Å². The molecule has 1 aromatic heterocycles. The molecule has 2 rings (SSSR count). The summed E-state index contributed by atoms with van der Waals surface area (Å²) in [6.45, 7) is 10.1. The molecule has 0 bridgehead atoms. The Hall–Kier alpha value is -0.940. The number of hydrogen-bond acceptors (Lipinski definition) is 4. The van der Waals surface area contributed by atoms with Crippen LogP contribution in [0.2, 0.25) is 0 Å². The third-order valence-corrected chi connectivity index (χ3v) is 5.78. The monoisotopic (exact) mass is 323 g/mol. The van der Waals surface area contributed by atoms with E-state index in [1.54, 1.807) is 11.3 Å². The predicted molar refractivity (Wildman–Crippen MR) is 92.2 cm³/mol. The number of likely N-dealkylation sites (tertiary alicyclic amines) is 1. The third-order valence-electron chi connectivity index (χ3n) is 4.76. The largest absolute Gasteiger partial charge is 0.341 e. The number of piperidine rings is 1. The first kappa shape index (κ1) is 17.4. The maximum Gasteiger partial charge on any atom is 0.239 e. The van der Waals surface area contributed by atoms with Gasteiger partial charge in [0.15, 0.2) is 0 Å². The summed E-state index contributed by atoms with van der Waals surface area (Å²) in [5, 5.41) is 3.34. The van der Waals surface area contributed by atoms with Gasteiger partial charge in [0.2, 0.25) is 5.91 Å². The van der Waals surface area contributed by atoms with Crippen LogP contribution in [0, 0.1) is 5.92 Å². The molecule has 2 heterocycles. The molecule has 124 valence electrons. The van der Waals surface area contributed by atoms with Gasteiger partial charge in [-0.25, -0.2) is 4.98 Å². The number of carbonyl (C=O) groups is 1. The van der Waals surface area contributed by atoms with Crippen LogP contribution in [-0.4, -0.2) is 34.9 Å². The molecular weight excluding hydrogens is 294 g/mol. The molecule has 1 amide bonds. The van der Waals surface area contributed by atoms with E-state index in [1.807, 2.05) is 4.90 Å². The Bertz CT molecular complexity index is 500. The molecule has 0 aromatic carbocycles. The van der Waals surface area contributed by atoms with Crippen LogP contribution in [0.5, 0.6) is 0 Å². The minimum Gasteiger partial charge on any atom is -0.341 e. The predicted octanol–water partition coefficient (Wildman–Crippen LogP) is 3.35. The van der Waals surface area contributed by atoms with Crippen LogP contribution in [0.4, 0.5) is 0 Å². The highest BCUT2D eigenvalue weighted by atomic mass is 32.1. The van der Waals surface area contributed by atoms with Gasteiger partial charge in [0.25, 0.3) is 0 Å². The molecule has 22 heavy (non-hydrogen) atoms. The molecular formula is C17H29N3OS. The first-order valence-corrected chi connectivity index (χ1v) is 9.31. The zero-order chi connectivity index (χ0) is 16.3. The summed E-state index contributed by atoms with van der Waals surface area (Å²) in [4.78, 5) is 19.3. The van der Waals surface area contributed by atoms with Crippen LogP contribution < -0.4 is 5.73 Å². The molecule has 5 heteroatoms. The van der Waals surface area contributed by atoms with Gasteiger partial charge in [-0.3, -0.25) is 4.79 Å². The summed E-state index contributed by atoms with van der Waals surface area (Å²) in [5.41, 5.74) is 7.29. The van der Waals surface area contributed by atoms with Crippen molar-refractivity contribution in [3.05, 3.63) is 16.1 Å². The van der Waals surface area contributed by atoms with Gasteiger partial charge in [-0.2, -0.15) is 0 Å². The lowest BCUT2D eigenvalue weighted by molar-refractivity contribution is -0.135. The summed E-state index contributed by atoms with van der Waals surface area (Å²) in [6, 6.07) is -0.369. The topological polar surface area (TPSA) is 59.2 Å². The van der Waals surface area contributed by atoms with E-state index >= 15 is 0 Å². The van der Waals surface area contributed by atoms with E-state index < -0.39 is 0 Å². The number of amides is 1. The number of aromatic nitrogens is 1. The van der Waals surface area contributed by atoms with E-state index in [0.717, 1.165) is 32.4 Å². The van der Waals surface area contributed by atoms with Crippen LogP contribution in [0.3, 0.4) is 0 Å². The molecule has 0 spiro atoms. The lowest BCUT2D eigenvalue weighted by atomic mass is 9.95. The molecule has 3 unspecified atom stereocenters. The minimum atomic E-state index is -0.369. The van der Waals surface area contributed by atoms with Gasteiger partial charge in [0, 0.05) is 24.4 Å². The Morgan fingerprint density at radius 2 is 2.23 bits per heavy atom. The summed E-state index contributed by atoms with van der Waals surface area (Å²) in [6.07, 6.45) is 3.10. The van der Waals surface area contributed by atoms with E-state index in [0.29, 0.717) is 11.8 Å². The number of thiazole rings is 1. The van der Waals surface area contributed by atoms with Gasteiger partial charge in [0.1, 0.15) is 0 Å². The fourth-order valence-corrected chi connectivity index (χ4v) is 3.95. The van der Waals surface area contributed by atoms with E-state index in [2.05, 4.69) is 33.1 Å². The minimum absolute atomic E-state index is 0.111. The van der Waals surface area contributed by atoms with Crippen LogP contribution >= 0.6 is 11.3 Å². The molecule has 1 aromatic rings. The fourth-order valence-electron chi connectivity index (χ4n) is 2.84. The van der Waals surface area contributed by atoms with Crippen LogP contribution in [-0.2, 0) is 4.79 Å². The molecule has 0 radical (unpaired) electrons. The van der Waals surface area contributed by atoms with E-state index in [1.165, 1.54) is 10.7 Å². The van der Waals surface area contributed by atoms with E-state index in [-0.39, 0.29) is 17.9 Å². The maximum absolute atomic E-state index is 12.6. The average molecular weight is 324 g/mol. The second kappa shape index (κ2) is 7.55. The van der Waals surface area contributed by atoms with Crippen LogP contribution in [0.15, 0.2) is 5.38 Å². The Balaban J connectivity index is 2.03. The molecule has 1 aliphatic rings. The van der Waals surface area contributed by atoms with Crippen molar-refractivity contribution in [2.45, 2.75) is 64.8 Å². The van der Waals surface area contributed by atoms with Crippen molar-refractivity contribution in [3.63, 3.8) is 0 Å². The second-order valence-electron chi connectivity index (χ2n) is 6.80. The van der Waals surface area contributed by atoms with Gasteiger partial charge in [-0.05, 0) is 24.7 Å². The zero-order valence-electron chi connectivity index (χ0n) is 14.2. The molecule has 2 N–H and O–H groups in total. The number of nitrogens with zero attached hydrogens (tertiary/aromatic N) is 2. The van der Waals surface area contributed by atoms with Gasteiger partial charge in [-0.1, -0.05) is 34.1 Å². The summed E-state index contributed by atoms with van der Waals surface area (Å²) in [7, 11) is 0. The number of nitrogens with two attached hydrogens (primary N) is 1. The SMILES string of the molecule is CCC(C)C(N)C(=O)N1CCCC(c2nc(C(C)C)cs2)C1. The maximum atomic E-state index is 12.6. The molecule has 4 nitrogen and oxygen atoms in total. The van der Waals surface area contributed by atoms with Gasteiger partial charge in [-0.15, -0.1) is 11.3 Å². The Kier molecular flexibility index (Phi) is 5.98. The fraction of sp³-hybridized carbons (Fsp3) is 0.765. The van der Waals surface area contributed by atoms with Crippen molar-refractivity contribution in [1.82, 2.24) is 9.88 Å². The molecule has 1 saturated heterocycles. The van der Waals surface area contributed by atoms with E-state index in [4.69, 9.17) is 10.7 Å². The number of rotatable bonds is 5. The zero-order valence-corrected chi connectivity index (χ0v) is 15.0. The summed E-state index contributed by atoms with van der Waals surface area (Å²) in [5.74, 6) is 1.18. The standard InChI is InChI=1S/C17H29N3OS/c1-5-12(4)15(18)17(21)20-8-6-7-13(9-20)16-19-14(10-22-16)11(2)3/h10-13,15H,5-9,18H2,1-4H3. The normalized spacial score (nSPS) is 21.9. The first-order chi connectivity index (χ1) is 10.4. The highest BCUT2D eigenvalue weighted by Crippen LogP contribution is 2.31. The van der Waals surface area contributed by atoms with Crippen molar-refractivity contribution in [2.24, 2.45) is 11.7 Å². The molecule has 1 fully saturated rings. The van der Waals surface area contributed by atoms with Gasteiger partial charge in [0.05, 0.1) is 16.7 Å². The Morgan fingerprint density at radius 3 is 2.82 bits per heavy atom. The Morgan fingerprint density at radius 1 is 1.50 bits per heavy atom.